The highest BCUT2D eigenvalue weighted by Gasteiger charge is 2.13. The Kier molecular flexibility index (Phi) is 4.10. The minimum atomic E-state index is 0.413. The van der Waals surface area contributed by atoms with Gasteiger partial charge in [-0.25, -0.2) is 4.68 Å². The Morgan fingerprint density at radius 1 is 1.00 bits per heavy atom. The van der Waals surface area contributed by atoms with E-state index in [9.17, 15) is 4.79 Å². The fraction of sp³-hybridized carbons (Fsp3) is 0.167. The first kappa shape index (κ1) is 14.2. The first-order chi connectivity index (χ1) is 10.8. The zero-order chi connectivity index (χ0) is 15.4. The van der Waals surface area contributed by atoms with E-state index in [0.717, 1.165) is 30.5 Å². The number of nitrogens with zero attached hydrogens (tertiary/aromatic N) is 3. The van der Waals surface area contributed by atoms with Gasteiger partial charge in [0.25, 0.3) is 0 Å². The van der Waals surface area contributed by atoms with Crippen molar-refractivity contribution in [1.29, 1.82) is 0 Å². The molecule has 0 saturated heterocycles. The largest absolute Gasteiger partial charge is 0.296 e. The van der Waals surface area contributed by atoms with Gasteiger partial charge in [0.2, 0.25) is 0 Å². The van der Waals surface area contributed by atoms with Crippen LogP contribution in [0.5, 0.6) is 0 Å². The van der Waals surface area contributed by atoms with Crippen molar-refractivity contribution >= 4 is 6.29 Å². The number of benzene rings is 2. The van der Waals surface area contributed by atoms with E-state index in [0.29, 0.717) is 5.69 Å². The Morgan fingerprint density at radius 2 is 1.73 bits per heavy atom. The predicted molar refractivity (Wildman–Crippen MR) is 85.3 cm³/mol. The average molecular weight is 291 g/mol. The number of aromatic nitrogens is 3. The topological polar surface area (TPSA) is 47.8 Å². The lowest BCUT2D eigenvalue weighted by molar-refractivity contribution is 0.111. The number of hydrogen-bond acceptors (Lipinski definition) is 3. The maximum absolute atomic E-state index is 11.2. The number of hydrogen-bond donors (Lipinski definition) is 0. The van der Waals surface area contributed by atoms with Crippen molar-refractivity contribution in [2.75, 3.05) is 0 Å². The molecule has 4 nitrogen and oxygen atoms in total. The van der Waals surface area contributed by atoms with Gasteiger partial charge in [-0.2, -0.15) is 0 Å². The second-order valence-corrected chi connectivity index (χ2v) is 5.27. The van der Waals surface area contributed by atoms with Gasteiger partial charge in [-0.3, -0.25) is 4.79 Å². The molecule has 0 N–H and O–H groups in total. The van der Waals surface area contributed by atoms with Crippen LogP contribution in [0.2, 0.25) is 0 Å². The smallest absolute Gasteiger partial charge is 0.172 e. The lowest BCUT2D eigenvalue weighted by atomic mass is 10.1. The van der Waals surface area contributed by atoms with E-state index in [1.165, 1.54) is 11.1 Å². The van der Waals surface area contributed by atoms with Crippen LogP contribution in [-0.4, -0.2) is 21.3 Å². The molecule has 0 amide bonds. The highest BCUT2D eigenvalue weighted by atomic mass is 16.1. The first-order valence-corrected chi connectivity index (χ1v) is 7.28. The number of aryl methyl sites for hydroxylation is 2. The molecule has 1 aromatic heterocycles. The fourth-order valence-corrected chi connectivity index (χ4v) is 2.44. The summed E-state index contributed by atoms with van der Waals surface area (Å²) in [4.78, 5) is 11.2. The molecule has 0 spiro atoms. The van der Waals surface area contributed by atoms with E-state index < -0.39 is 0 Å². The summed E-state index contributed by atoms with van der Waals surface area (Å²) in [6.45, 7) is 2.04. The normalized spacial score (nSPS) is 10.6. The van der Waals surface area contributed by atoms with Crippen molar-refractivity contribution in [3.63, 3.8) is 0 Å². The summed E-state index contributed by atoms with van der Waals surface area (Å²) < 4.78 is 1.76. The summed E-state index contributed by atoms with van der Waals surface area (Å²) in [7, 11) is 0. The van der Waals surface area contributed by atoms with Gasteiger partial charge < -0.3 is 0 Å². The molecular formula is C18H17N3O. The van der Waals surface area contributed by atoms with Crippen LogP contribution in [0.25, 0.3) is 5.69 Å². The van der Waals surface area contributed by atoms with Crippen LogP contribution < -0.4 is 0 Å². The monoisotopic (exact) mass is 291 g/mol. The van der Waals surface area contributed by atoms with Gasteiger partial charge in [-0.1, -0.05) is 53.2 Å². The molecule has 0 aliphatic heterocycles. The van der Waals surface area contributed by atoms with Crippen LogP contribution >= 0.6 is 0 Å². The van der Waals surface area contributed by atoms with Crippen LogP contribution in [0.4, 0.5) is 0 Å². The molecule has 0 fully saturated rings. The molecular weight excluding hydrogens is 274 g/mol. The molecule has 0 saturated carbocycles. The minimum Gasteiger partial charge on any atom is -0.296 e. The van der Waals surface area contributed by atoms with Gasteiger partial charge in [0.05, 0.1) is 11.4 Å². The maximum atomic E-state index is 11.2. The minimum absolute atomic E-state index is 0.413. The molecule has 0 bridgehead atoms. The molecule has 0 aliphatic rings. The number of carbonyl (C=O) groups is 1. The quantitative estimate of drug-likeness (QED) is 0.678. The van der Waals surface area contributed by atoms with Gasteiger partial charge in [-0.15, -0.1) is 5.10 Å². The molecule has 0 unspecified atom stereocenters. The molecule has 0 aliphatic carbocycles. The van der Waals surface area contributed by atoms with Crippen LogP contribution in [0.3, 0.4) is 0 Å². The van der Waals surface area contributed by atoms with Gasteiger partial charge in [0, 0.05) is 0 Å². The summed E-state index contributed by atoms with van der Waals surface area (Å²) in [6.07, 6.45) is 2.35. The highest BCUT2D eigenvalue weighted by molar-refractivity contribution is 5.73. The maximum Gasteiger partial charge on any atom is 0.172 e. The number of aldehydes is 1. The summed E-state index contributed by atoms with van der Waals surface area (Å²) in [5.74, 6) is 0. The first-order valence-electron chi connectivity index (χ1n) is 7.28. The van der Waals surface area contributed by atoms with Gasteiger partial charge >= 0.3 is 0 Å². The van der Waals surface area contributed by atoms with Crippen LogP contribution in [0.15, 0.2) is 54.6 Å². The van der Waals surface area contributed by atoms with Gasteiger partial charge in [0.1, 0.15) is 5.69 Å². The predicted octanol–water partition coefficient (Wildman–Crippen LogP) is 3.17. The lowest BCUT2D eigenvalue weighted by Gasteiger charge is -2.07. The Labute approximate surface area is 129 Å². The van der Waals surface area contributed by atoms with E-state index in [4.69, 9.17) is 0 Å². The Morgan fingerprint density at radius 3 is 2.41 bits per heavy atom. The zero-order valence-corrected chi connectivity index (χ0v) is 12.4. The summed E-state index contributed by atoms with van der Waals surface area (Å²) in [6, 6.07) is 18.2. The van der Waals surface area contributed by atoms with E-state index in [1.807, 2.05) is 49.4 Å². The van der Waals surface area contributed by atoms with Crippen LogP contribution in [-0.2, 0) is 12.8 Å². The molecule has 110 valence electrons. The average Bonchev–Trinajstić information content (AvgIpc) is 2.97. The molecule has 3 rings (SSSR count). The Bertz CT molecular complexity index is 761. The van der Waals surface area contributed by atoms with Crippen molar-refractivity contribution in [1.82, 2.24) is 15.0 Å². The van der Waals surface area contributed by atoms with Crippen molar-refractivity contribution < 1.29 is 4.79 Å². The summed E-state index contributed by atoms with van der Waals surface area (Å²) in [5.41, 5.74) is 4.61. The fourth-order valence-electron chi connectivity index (χ4n) is 2.44. The molecule has 22 heavy (non-hydrogen) atoms. The van der Waals surface area contributed by atoms with Gasteiger partial charge in [0.15, 0.2) is 6.29 Å². The Hall–Kier alpha value is -2.75. The third-order valence-corrected chi connectivity index (χ3v) is 3.68. The molecule has 2 aromatic carbocycles. The standard InChI is InChI=1S/C18H17N3O/c1-14-7-10-16(11-8-14)21-18(17(13-22)19-20-21)12-9-15-5-3-2-4-6-15/h2-8,10-11,13H,9,12H2,1H3. The van der Waals surface area contributed by atoms with Crippen molar-refractivity contribution in [2.45, 2.75) is 19.8 Å². The molecule has 1 heterocycles. The van der Waals surface area contributed by atoms with Crippen molar-refractivity contribution in [2.24, 2.45) is 0 Å². The second-order valence-electron chi connectivity index (χ2n) is 5.27. The lowest BCUT2D eigenvalue weighted by Crippen LogP contribution is -2.05. The van der Waals surface area contributed by atoms with E-state index in [1.54, 1.807) is 4.68 Å². The molecule has 4 heteroatoms. The third kappa shape index (κ3) is 2.96. The number of rotatable bonds is 5. The molecule has 3 aromatic rings. The van der Waals surface area contributed by atoms with E-state index in [2.05, 4.69) is 22.4 Å². The van der Waals surface area contributed by atoms with Crippen LogP contribution in [0.1, 0.15) is 27.3 Å². The van der Waals surface area contributed by atoms with Crippen molar-refractivity contribution in [3.8, 4) is 5.69 Å². The molecule has 0 atom stereocenters. The van der Waals surface area contributed by atoms with Gasteiger partial charge in [-0.05, 0) is 37.5 Å². The zero-order valence-electron chi connectivity index (χ0n) is 12.4. The third-order valence-electron chi connectivity index (χ3n) is 3.68. The van der Waals surface area contributed by atoms with Crippen LogP contribution in [0, 0.1) is 6.92 Å². The second kappa shape index (κ2) is 6.35. The summed E-state index contributed by atoms with van der Waals surface area (Å²) in [5, 5.41) is 8.13. The number of carbonyl (C=O) groups excluding carboxylic acids is 1. The Balaban J connectivity index is 1.90. The van der Waals surface area contributed by atoms with E-state index in [-0.39, 0.29) is 0 Å². The van der Waals surface area contributed by atoms with Crippen molar-refractivity contribution in [3.05, 3.63) is 77.1 Å². The van der Waals surface area contributed by atoms with E-state index >= 15 is 0 Å². The highest BCUT2D eigenvalue weighted by Crippen LogP contribution is 2.15. The summed E-state index contributed by atoms with van der Waals surface area (Å²) >= 11 is 0. The SMILES string of the molecule is Cc1ccc(-n2nnc(C=O)c2CCc2ccccc2)cc1. The molecule has 0 radical (unpaired) electrons.